The number of aryl methyl sites for hydroxylation is 1. The van der Waals surface area contributed by atoms with Gasteiger partial charge in [0.1, 0.15) is 0 Å². The van der Waals surface area contributed by atoms with Crippen molar-refractivity contribution in [3.63, 3.8) is 0 Å². The Balaban J connectivity index is 2.18. The fraction of sp³-hybridized carbons (Fsp3) is 0.333. The summed E-state index contributed by atoms with van der Waals surface area (Å²) in [4.78, 5) is 29.8. The van der Waals surface area contributed by atoms with Crippen molar-refractivity contribution in [1.29, 1.82) is 0 Å². The number of aldehydes is 1. The normalized spacial score (nSPS) is 13.6. The van der Waals surface area contributed by atoms with Crippen LogP contribution in [-0.4, -0.2) is 26.0 Å². The lowest BCUT2D eigenvalue weighted by atomic mass is 10.3. The van der Waals surface area contributed by atoms with Crippen molar-refractivity contribution < 1.29 is 4.79 Å². The Morgan fingerprint density at radius 2 is 2.28 bits per heavy atom. The second kappa shape index (κ2) is 3.90. The molecular weight excluding hydrogens is 232 g/mol. The third-order valence-electron chi connectivity index (χ3n) is 3.30. The van der Waals surface area contributed by atoms with E-state index in [0.29, 0.717) is 17.2 Å². The first-order valence-electron chi connectivity index (χ1n) is 5.83. The molecule has 2 heterocycles. The summed E-state index contributed by atoms with van der Waals surface area (Å²) in [5, 5.41) is 4.08. The number of rotatable bonds is 2. The van der Waals surface area contributed by atoms with Gasteiger partial charge in [0.2, 0.25) is 5.95 Å². The first kappa shape index (κ1) is 10.9. The zero-order chi connectivity index (χ0) is 12.7. The summed E-state index contributed by atoms with van der Waals surface area (Å²) in [6, 6.07) is 0. The molecule has 3 rings (SSSR count). The number of nitrogens with one attached hydrogen (secondary N) is 1. The minimum atomic E-state index is -0.102. The maximum atomic E-state index is 11.9. The highest BCUT2D eigenvalue weighted by molar-refractivity contribution is 5.76. The molecule has 1 aliphatic rings. The summed E-state index contributed by atoms with van der Waals surface area (Å²) in [7, 11) is 0. The van der Waals surface area contributed by atoms with Gasteiger partial charge < -0.3 is 0 Å². The van der Waals surface area contributed by atoms with Crippen LogP contribution in [0.2, 0.25) is 0 Å². The molecule has 0 aromatic carbocycles. The molecule has 0 saturated carbocycles. The predicted octanol–water partition coefficient (Wildman–Crippen LogP) is 0.565. The lowest BCUT2D eigenvalue weighted by Gasteiger charge is -2.05. The van der Waals surface area contributed by atoms with Gasteiger partial charge in [-0.2, -0.15) is 5.10 Å². The van der Waals surface area contributed by atoms with Gasteiger partial charge in [0.15, 0.2) is 6.29 Å². The van der Waals surface area contributed by atoms with Crippen LogP contribution >= 0.6 is 0 Å². The van der Waals surface area contributed by atoms with Crippen LogP contribution in [0.3, 0.4) is 0 Å². The number of nitrogens with zero attached hydrogens (tertiary/aromatic N) is 3. The van der Waals surface area contributed by atoms with E-state index in [1.54, 1.807) is 6.92 Å². The van der Waals surface area contributed by atoms with Gasteiger partial charge >= 0.3 is 0 Å². The van der Waals surface area contributed by atoms with Crippen LogP contribution in [0.4, 0.5) is 0 Å². The molecule has 0 fully saturated rings. The summed E-state index contributed by atoms with van der Waals surface area (Å²) in [5.74, 6) is 0.381. The Kier molecular flexibility index (Phi) is 2.36. The molecule has 0 atom stereocenters. The third kappa shape index (κ3) is 1.49. The Morgan fingerprint density at radius 3 is 3.00 bits per heavy atom. The van der Waals surface area contributed by atoms with Crippen molar-refractivity contribution in [2.24, 2.45) is 0 Å². The number of aromatic nitrogens is 4. The van der Waals surface area contributed by atoms with E-state index in [-0.39, 0.29) is 5.56 Å². The zero-order valence-electron chi connectivity index (χ0n) is 9.93. The Hall–Kier alpha value is -2.24. The van der Waals surface area contributed by atoms with Crippen LogP contribution < -0.4 is 5.56 Å². The van der Waals surface area contributed by atoms with Gasteiger partial charge in [-0.25, -0.2) is 9.67 Å². The van der Waals surface area contributed by atoms with E-state index in [1.807, 2.05) is 0 Å². The molecule has 1 N–H and O–H groups in total. The Morgan fingerprint density at radius 1 is 1.44 bits per heavy atom. The molecule has 0 amide bonds. The van der Waals surface area contributed by atoms with Crippen LogP contribution in [-0.2, 0) is 12.8 Å². The van der Waals surface area contributed by atoms with E-state index < -0.39 is 0 Å². The van der Waals surface area contributed by atoms with Gasteiger partial charge in [0.05, 0.1) is 23.1 Å². The molecule has 6 nitrogen and oxygen atoms in total. The lowest BCUT2D eigenvalue weighted by molar-refractivity contribution is 0.112. The zero-order valence-corrected chi connectivity index (χ0v) is 9.93. The van der Waals surface area contributed by atoms with Gasteiger partial charge in [0.25, 0.3) is 5.56 Å². The molecule has 1 aliphatic carbocycles. The van der Waals surface area contributed by atoms with Gasteiger partial charge in [-0.1, -0.05) is 0 Å². The van der Waals surface area contributed by atoms with Gasteiger partial charge in [-0.05, 0) is 26.2 Å². The highest BCUT2D eigenvalue weighted by Crippen LogP contribution is 2.17. The number of aromatic amines is 1. The smallest absolute Gasteiger partial charge is 0.255 e. The van der Waals surface area contributed by atoms with Crippen molar-refractivity contribution in [1.82, 2.24) is 19.7 Å². The van der Waals surface area contributed by atoms with E-state index in [1.165, 1.54) is 10.9 Å². The average Bonchev–Trinajstić information content (AvgIpc) is 2.95. The summed E-state index contributed by atoms with van der Waals surface area (Å²) in [6.07, 6.45) is 4.79. The van der Waals surface area contributed by atoms with Crippen molar-refractivity contribution in [3.8, 4) is 5.95 Å². The highest BCUT2D eigenvalue weighted by Gasteiger charge is 2.18. The molecular formula is C12H12N4O2. The topological polar surface area (TPSA) is 80.6 Å². The maximum Gasteiger partial charge on any atom is 0.255 e. The highest BCUT2D eigenvalue weighted by atomic mass is 16.1. The first-order valence-corrected chi connectivity index (χ1v) is 5.83. The molecule has 2 aromatic heterocycles. The molecule has 0 unspecified atom stereocenters. The van der Waals surface area contributed by atoms with Crippen LogP contribution in [0, 0.1) is 6.92 Å². The number of carbonyl (C=O) groups excluding carboxylic acids is 1. The lowest BCUT2D eigenvalue weighted by Crippen LogP contribution is -2.19. The van der Waals surface area contributed by atoms with Crippen molar-refractivity contribution in [3.05, 3.63) is 39.1 Å². The Bertz CT molecular complexity index is 684. The minimum Gasteiger partial charge on any atom is -0.298 e. The van der Waals surface area contributed by atoms with E-state index >= 15 is 0 Å². The van der Waals surface area contributed by atoms with E-state index in [4.69, 9.17) is 0 Å². The minimum absolute atomic E-state index is 0.102. The monoisotopic (exact) mass is 244 g/mol. The molecule has 0 radical (unpaired) electrons. The van der Waals surface area contributed by atoms with Gasteiger partial charge in [-0.3, -0.25) is 14.6 Å². The van der Waals surface area contributed by atoms with Crippen LogP contribution in [0.15, 0.2) is 11.0 Å². The number of hydrogen-bond acceptors (Lipinski definition) is 4. The van der Waals surface area contributed by atoms with Crippen molar-refractivity contribution in [2.45, 2.75) is 26.2 Å². The molecule has 0 bridgehead atoms. The number of hydrogen-bond donors (Lipinski definition) is 1. The summed E-state index contributed by atoms with van der Waals surface area (Å²) < 4.78 is 1.49. The standard InChI is InChI=1S/C12H12N4O2/c1-7-8(6-17)5-13-16(7)12-14-10-4-2-3-9(10)11(18)15-12/h5-6H,2-4H2,1H3,(H,14,15,18). The Labute approximate surface area is 103 Å². The predicted molar refractivity (Wildman–Crippen MR) is 64.1 cm³/mol. The van der Waals surface area contributed by atoms with Crippen LogP contribution in [0.5, 0.6) is 0 Å². The number of carbonyl (C=O) groups is 1. The first-order chi connectivity index (χ1) is 8.70. The quantitative estimate of drug-likeness (QED) is 0.783. The van der Waals surface area contributed by atoms with E-state index in [9.17, 15) is 9.59 Å². The maximum absolute atomic E-state index is 11.9. The molecule has 92 valence electrons. The van der Waals surface area contributed by atoms with Crippen LogP contribution in [0.25, 0.3) is 5.95 Å². The number of H-pyrrole nitrogens is 1. The fourth-order valence-corrected chi connectivity index (χ4v) is 2.28. The molecule has 0 aliphatic heterocycles. The van der Waals surface area contributed by atoms with E-state index in [2.05, 4.69) is 15.1 Å². The molecule has 6 heteroatoms. The molecule has 2 aromatic rings. The largest absolute Gasteiger partial charge is 0.298 e. The second-order valence-electron chi connectivity index (χ2n) is 4.38. The van der Waals surface area contributed by atoms with Gasteiger partial charge in [-0.15, -0.1) is 0 Å². The van der Waals surface area contributed by atoms with E-state index in [0.717, 1.165) is 36.8 Å². The SMILES string of the molecule is Cc1c(C=O)cnn1-c1nc2c(c(=O)[nH]1)CCC2. The van der Waals surface area contributed by atoms with Crippen molar-refractivity contribution in [2.75, 3.05) is 0 Å². The molecule has 0 saturated heterocycles. The third-order valence-corrected chi connectivity index (χ3v) is 3.30. The second-order valence-corrected chi connectivity index (χ2v) is 4.38. The summed E-state index contributed by atoms with van der Waals surface area (Å²) in [5.41, 5.74) is 2.69. The molecule has 0 spiro atoms. The van der Waals surface area contributed by atoms with Crippen LogP contribution in [0.1, 0.15) is 33.7 Å². The van der Waals surface area contributed by atoms with Gasteiger partial charge in [0, 0.05) is 5.56 Å². The fourth-order valence-electron chi connectivity index (χ4n) is 2.28. The summed E-state index contributed by atoms with van der Waals surface area (Å²) >= 11 is 0. The number of fused-ring (bicyclic) bond motifs is 1. The molecule has 18 heavy (non-hydrogen) atoms. The summed E-state index contributed by atoms with van der Waals surface area (Å²) in [6.45, 7) is 1.77. The average molecular weight is 244 g/mol. The van der Waals surface area contributed by atoms with Crippen molar-refractivity contribution >= 4 is 6.29 Å².